The Morgan fingerprint density at radius 3 is 2.86 bits per heavy atom. The molecule has 0 amide bonds. The molecule has 0 unspecified atom stereocenters. The Labute approximate surface area is 133 Å². The molecule has 0 saturated heterocycles. The summed E-state index contributed by atoms with van der Waals surface area (Å²) in [5.74, 6) is 1.89. The number of rotatable bonds is 5. The number of aromatic nitrogens is 2. The zero-order chi connectivity index (χ0) is 15.5. The van der Waals surface area contributed by atoms with Crippen LogP contribution in [0.1, 0.15) is 24.4 Å². The summed E-state index contributed by atoms with van der Waals surface area (Å²) in [6.07, 6.45) is 0. The first-order valence-electron chi connectivity index (χ1n) is 6.96. The molecule has 5 nitrogen and oxygen atoms in total. The van der Waals surface area contributed by atoms with Crippen molar-refractivity contribution in [2.45, 2.75) is 19.9 Å². The van der Waals surface area contributed by atoms with E-state index in [1.54, 1.807) is 18.4 Å². The molecule has 0 bridgehead atoms. The van der Waals surface area contributed by atoms with E-state index in [2.05, 4.69) is 15.5 Å². The summed E-state index contributed by atoms with van der Waals surface area (Å²) in [6.45, 7) is 4.02. The van der Waals surface area contributed by atoms with Crippen LogP contribution >= 0.6 is 11.3 Å². The third-order valence-electron chi connectivity index (χ3n) is 3.27. The number of hydrogen-bond donors (Lipinski definition) is 1. The number of thiophene rings is 1. The standard InChI is InChI=1S/C16H17N3O2S/c1-10-6-7-13(20-3)12(9-10)17-11(2)15-18-19-16(21-15)14-5-4-8-22-14/h4-9,11,17H,1-3H3/t11-/m0/s1. The van der Waals surface area contributed by atoms with Gasteiger partial charge in [-0.2, -0.15) is 0 Å². The van der Waals surface area contributed by atoms with Crippen LogP contribution in [0.4, 0.5) is 5.69 Å². The van der Waals surface area contributed by atoms with E-state index in [9.17, 15) is 0 Å². The Morgan fingerprint density at radius 2 is 2.14 bits per heavy atom. The molecule has 22 heavy (non-hydrogen) atoms. The van der Waals surface area contributed by atoms with Crippen LogP contribution in [0.3, 0.4) is 0 Å². The predicted octanol–water partition coefficient (Wildman–Crippen LogP) is 4.29. The monoisotopic (exact) mass is 315 g/mol. The normalized spacial score (nSPS) is 12.1. The number of nitrogens with one attached hydrogen (secondary N) is 1. The van der Waals surface area contributed by atoms with Crippen molar-refractivity contribution in [1.29, 1.82) is 0 Å². The van der Waals surface area contributed by atoms with Crippen LogP contribution in [0.2, 0.25) is 0 Å². The molecule has 0 aliphatic heterocycles. The van der Waals surface area contributed by atoms with Crippen molar-refractivity contribution in [2.24, 2.45) is 0 Å². The van der Waals surface area contributed by atoms with Crippen LogP contribution in [0.25, 0.3) is 10.8 Å². The Morgan fingerprint density at radius 1 is 1.27 bits per heavy atom. The Bertz CT molecular complexity index is 753. The van der Waals surface area contributed by atoms with Crippen LogP contribution in [-0.2, 0) is 0 Å². The number of aryl methyl sites for hydroxylation is 1. The Balaban J connectivity index is 1.80. The molecule has 1 atom stereocenters. The van der Waals surface area contributed by atoms with E-state index in [1.807, 2.05) is 49.6 Å². The molecule has 2 heterocycles. The fourth-order valence-corrected chi connectivity index (χ4v) is 2.78. The number of methoxy groups -OCH3 is 1. The van der Waals surface area contributed by atoms with Crippen molar-refractivity contribution in [1.82, 2.24) is 10.2 Å². The highest BCUT2D eigenvalue weighted by Gasteiger charge is 2.17. The number of anilines is 1. The summed E-state index contributed by atoms with van der Waals surface area (Å²) < 4.78 is 11.1. The SMILES string of the molecule is COc1ccc(C)cc1N[C@@H](C)c1nnc(-c2cccs2)o1. The van der Waals surface area contributed by atoms with Crippen LogP contribution in [0.15, 0.2) is 40.1 Å². The van der Waals surface area contributed by atoms with Gasteiger partial charge in [0.05, 0.1) is 17.7 Å². The van der Waals surface area contributed by atoms with Gasteiger partial charge in [0.2, 0.25) is 5.89 Å². The zero-order valence-corrected chi connectivity index (χ0v) is 13.5. The lowest BCUT2D eigenvalue weighted by Crippen LogP contribution is -2.08. The molecule has 114 valence electrons. The van der Waals surface area contributed by atoms with Gasteiger partial charge in [0.15, 0.2) is 0 Å². The molecule has 0 radical (unpaired) electrons. The third kappa shape index (κ3) is 2.96. The van der Waals surface area contributed by atoms with Crippen LogP contribution < -0.4 is 10.1 Å². The van der Waals surface area contributed by atoms with Crippen molar-refractivity contribution in [3.8, 4) is 16.5 Å². The van der Waals surface area contributed by atoms with Crippen molar-refractivity contribution in [3.63, 3.8) is 0 Å². The average Bonchev–Trinajstić information content (AvgIpc) is 3.18. The molecule has 6 heteroatoms. The summed E-state index contributed by atoms with van der Waals surface area (Å²) in [5.41, 5.74) is 2.06. The fourth-order valence-electron chi connectivity index (χ4n) is 2.14. The highest BCUT2D eigenvalue weighted by molar-refractivity contribution is 7.13. The van der Waals surface area contributed by atoms with Gasteiger partial charge in [-0.25, -0.2) is 0 Å². The molecule has 3 rings (SSSR count). The summed E-state index contributed by atoms with van der Waals surface area (Å²) in [4.78, 5) is 0.971. The first-order chi connectivity index (χ1) is 10.7. The van der Waals surface area contributed by atoms with Crippen molar-refractivity contribution < 1.29 is 9.15 Å². The van der Waals surface area contributed by atoms with Gasteiger partial charge in [-0.3, -0.25) is 0 Å². The fraction of sp³-hybridized carbons (Fsp3) is 0.250. The smallest absolute Gasteiger partial charge is 0.257 e. The maximum Gasteiger partial charge on any atom is 0.257 e. The largest absolute Gasteiger partial charge is 0.495 e. The molecule has 0 aliphatic carbocycles. The molecule has 0 fully saturated rings. The molecule has 0 saturated carbocycles. The molecule has 0 spiro atoms. The molecule has 1 N–H and O–H groups in total. The molecular formula is C16H17N3O2S. The van der Waals surface area contributed by atoms with E-state index in [0.29, 0.717) is 11.8 Å². The lowest BCUT2D eigenvalue weighted by molar-refractivity contribution is 0.415. The van der Waals surface area contributed by atoms with Crippen LogP contribution in [0, 0.1) is 6.92 Å². The number of benzene rings is 1. The quantitative estimate of drug-likeness (QED) is 0.761. The van der Waals surface area contributed by atoms with Gasteiger partial charge in [0, 0.05) is 0 Å². The molecule has 3 aromatic rings. The first kappa shape index (κ1) is 14.6. The summed E-state index contributed by atoms with van der Waals surface area (Å²) in [7, 11) is 1.65. The second kappa shape index (κ2) is 6.19. The van der Waals surface area contributed by atoms with Gasteiger partial charge in [-0.1, -0.05) is 12.1 Å². The summed E-state index contributed by atoms with van der Waals surface area (Å²) >= 11 is 1.58. The van der Waals surface area contributed by atoms with Crippen molar-refractivity contribution in [2.75, 3.05) is 12.4 Å². The average molecular weight is 315 g/mol. The maximum absolute atomic E-state index is 5.75. The van der Waals surface area contributed by atoms with Gasteiger partial charge < -0.3 is 14.5 Å². The van der Waals surface area contributed by atoms with E-state index >= 15 is 0 Å². The molecule has 0 aliphatic rings. The van der Waals surface area contributed by atoms with Gasteiger partial charge >= 0.3 is 0 Å². The van der Waals surface area contributed by atoms with Crippen molar-refractivity contribution in [3.05, 3.63) is 47.2 Å². The number of ether oxygens (including phenoxy) is 1. The lowest BCUT2D eigenvalue weighted by atomic mass is 10.2. The topological polar surface area (TPSA) is 60.2 Å². The molecule has 2 aromatic heterocycles. The summed E-state index contributed by atoms with van der Waals surface area (Å²) in [6, 6.07) is 9.79. The highest BCUT2D eigenvalue weighted by atomic mass is 32.1. The van der Waals surface area contributed by atoms with Gasteiger partial charge in [-0.05, 0) is 43.0 Å². The van der Waals surface area contributed by atoms with Gasteiger partial charge in [0.1, 0.15) is 11.8 Å². The van der Waals surface area contributed by atoms with E-state index in [-0.39, 0.29) is 6.04 Å². The van der Waals surface area contributed by atoms with E-state index < -0.39 is 0 Å². The summed E-state index contributed by atoms with van der Waals surface area (Å²) in [5, 5.41) is 13.6. The second-order valence-electron chi connectivity index (χ2n) is 4.99. The minimum atomic E-state index is -0.114. The van der Waals surface area contributed by atoms with E-state index in [4.69, 9.17) is 9.15 Å². The maximum atomic E-state index is 5.75. The molecular weight excluding hydrogens is 298 g/mol. The van der Waals surface area contributed by atoms with Gasteiger partial charge in [0.25, 0.3) is 5.89 Å². The van der Waals surface area contributed by atoms with Crippen molar-refractivity contribution >= 4 is 17.0 Å². The second-order valence-corrected chi connectivity index (χ2v) is 5.94. The number of hydrogen-bond acceptors (Lipinski definition) is 6. The lowest BCUT2D eigenvalue weighted by Gasteiger charge is -2.15. The first-order valence-corrected chi connectivity index (χ1v) is 7.84. The zero-order valence-electron chi connectivity index (χ0n) is 12.7. The Hall–Kier alpha value is -2.34. The van der Waals surface area contributed by atoms with E-state index in [0.717, 1.165) is 21.9 Å². The van der Waals surface area contributed by atoms with E-state index in [1.165, 1.54) is 0 Å². The number of nitrogens with zero attached hydrogens (tertiary/aromatic N) is 2. The predicted molar refractivity (Wildman–Crippen MR) is 87.4 cm³/mol. The molecule has 1 aromatic carbocycles. The van der Waals surface area contributed by atoms with Crippen LogP contribution in [-0.4, -0.2) is 17.3 Å². The third-order valence-corrected chi connectivity index (χ3v) is 4.13. The minimum absolute atomic E-state index is 0.114. The highest BCUT2D eigenvalue weighted by Crippen LogP contribution is 2.30. The minimum Gasteiger partial charge on any atom is -0.495 e. The van der Waals surface area contributed by atoms with Gasteiger partial charge in [-0.15, -0.1) is 21.5 Å². The van der Waals surface area contributed by atoms with Crippen LogP contribution in [0.5, 0.6) is 5.75 Å². The Kier molecular flexibility index (Phi) is 4.11.